The number of aryl methyl sites for hydroxylation is 1. The molecular weight excluding hydrogens is 423 g/mol. The Balaban J connectivity index is 1.79. The van der Waals surface area contributed by atoms with E-state index in [2.05, 4.69) is 57.2 Å². The molecule has 3 nitrogen and oxygen atoms in total. The second-order valence-electron chi connectivity index (χ2n) is 5.66. The third-order valence-corrected chi connectivity index (χ3v) is 4.94. The molecule has 0 fully saturated rings. The second-order valence-corrected chi connectivity index (χ2v) is 7.29. The predicted molar refractivity (Wildman–Crippen MR) is 104 cm³/mol. The van der Waals surface area contributed by atoms with Crippen molar-refractivity contribution >= 4 is 34.2 Å². The number of nitrogens with one attached hydrogen (secondary N) is 1. The zero-order chi connectivity index (χ0) is 16.7. The third-order valence-electron chi connectivity index (χ3n) is 4.00. The summed E-state index contributed by atoms with van der Waals surface area (Å²) in [4.78, 5) is 4.06. The summed E-state index contributed by atoms with van der Waals surface area (Å²) in [5.41, 5.74) is 1.25. The van der Waals surface area contributed by atoms with Gasteiger partial charge in [0, 0.05) is 21.9 Å². The van der Waals surface area contributed by atoms with E-state index in [1.54, 1.807) is 12.3 Å². The zero-order valence-electron chi connectivity index (χ0n) is 13.2. The number of aliphatic hydroxyl groups is 1. The van der Waals surface area contributed by atoms with Gasteiger partial charge in [-0.05, 0) is 72.2 Å². The fraction of sp³-hybridized carbons (Fsp3) is 0.389. The van der Waals surface area contributed by atoms with Crippen LogP contribution in [0.2, 0.25) is 5.15 Å². The van der Waals surface area contributed by atoms with E-state index in [9.17, 15) is 5.11 Å². The van der Waals surface area contributed by atoms with Crippen molar-refractivity contribution < 1.29 is 5.11 Å². The minimum absolute atomic E-state index is 0.442. The molecule has 2 aromatic rings. The van der Waals surface area contributed by atoms with Crippen molar-refractivity contribution in [1.29, 1.82) is 0 Å². The first-order valence-electron chi connectivity index (χ1n) is 7.83. The van der Waals surface area contributed by atoms with E-state index in [1.807, 2.05) is 13.0 Å². The van der Waals surface area contributed by atoms with Crippen LogP contribution < -0.4 is 5.32 Å². The fourth-order valence-electron chi connectivity index (χ4n) is 2.45. The molecule has 0 radical (unpaired) electrons. The maximum Gasteiger partial charge on any atom is 0.129 e. The molecule has 1 atom stereocenters. The van der Waals surface area contributed by atoms with Gasteiger partial charge in [-0.25, -0.2) is 4.98 Å². The Morgan fingerprint density at radius 2 is 1.96 bits per heavy atom. The summed E-state index contributed by atoms with van der Waals surface area (Å²) >= 11 is 8.12. The topological polar surface area (TPSA) is 45.1 Å². The zero-order valence-corrected chi connectivity index (χ0v) is 16.1. The van der Waals surface area contributed by atoms with Crippen LogP contribution in [-0.4, -0.2) is 23.2 Å². The molecule has 23 heavy (non-hydrogen) atoms. The minimum Gasteiger partial charge on any atom is -0.384 e. The van der Waals surface area contributed by atoms with Crippen molar-refractivity contribution in [2.45, 2.75) is 31.8 Å². The van der Waals surface area contributed by atoms with Crippen LogP contribution in [0.1, 0.15) is 30.9 Å². The van der Waals surface area contributed by atoms with Gasteiger partial charge in [-0.1, -0.05) is 36.7 Å². The van der Waals surface area contributed by atoms with Gasteiger partial charge in [0.2, 0.25) is 0 Å². The molecule has 0 bridgehead atoms. The molecule has 0 aliphatic rings. The number of hydrogen-bond acceptors (Lipinski definition) is 3. The lowest BCUT2D eigenvalue weighted by molar-refractivity contribution is 0.0325. The summed E-state index contributed by atoms with van der Waals surface area (Å²) in [5.74, 6) is 0. The average molecular weight is 445 g/mol. The van der Waals surface area contributed by atoms with Crippen molar-refractivity contribution in [2.24, 2.45) is 0 Å². The Morgan fingerprint density at radius 3 is 2.57 bits per heavy atom. The molecule has 1 heterocycles. The average Bonchev–Trinajstić information content (AvgIpc) is 2.56. The molecule has 0 saturated carbocycles. The van der Waals surface area contributed by atoms with Gasteiger partial charge >= 0.3 is 0 Å². The molecule has 0 aliphatic heterocycles. The molecule has 1 aromatic heterocycles. The summed E-state index contributed by atoms with van der Waals surface area (Å²) in [6.07, 6.45) is 4.36. The highest BCUT2D eigenvalue weighted by Crippen LogP contribution is 2.24. The number of benzene rings is 1. The van der Waals surface area contributed by atoms with Crippen LogP contribution in [0.25, 0.3) is 0 Å². The Morgan fingerprint density at radius 1 is 1.22 bits per heavy atom. The molecule has 5 heteroatoms. The number of halogens is 2. The lowest BCUT2D eigenvalue weighted by Crippen LogP contribution is -2.38. The van der Waals surface area contributed by atoms with Crippen molar-refractivity contribution in [3.8, 4) is 0 Å². The number of hydrogen-bond donors (Lipinski definition) is 2. The molecule has 0 unspecified atom stereocenters. The van der Waals surface area contributed by atoms with Gasteiger partial charge in [-0.2, -0.15) is 0 Å². The molecular formula is C18H22ClIN2O. The van der Waals surface area contributed by atoms with Crippen molar-refractivity contribution in [2.75, 3.05) is 13.1 Å². The van der Waals surface area contributed by atoms with E-state index < -0.39 is 5.60 Å². The van der Waals surface area contributed by atoms with Gasteiger partial charge < -0.3 is 10.4 Å². The summed E-state index contributed by atoms with van der Waals surface area (Å²) in [6.45, 7) is 3.36. The highest BCUT2D eigenvalue weighted by Gasteiger charge is 2.26. The van der Waals surface area contributed by atoms with Gasteiger partial charge in [-0.3, -0.25) is 0 Å². The van der Waals surface area contributed by atoms with Gasteiger partial charge in [0.1, 0.15) is 10.8 Å². The Kier molecular flexibility index (Phi) is 7.27. The smallest absolute Gasteiger partial charge is 0.129 e. The maximum atomic E-state index is 10.8. The number of nitrogens with zero attached hydrogens (tertiary/aromatic N) is 1. The van der Waals surface area contributed by atoms with E-state index in [-0.39, 0.29) is 0 Å². The normalized spacial score (nSPS) is 13.7. The van der Waals surface area contributed by atoms with Crippen LogP contribution in [0.5, 0.6) is 0 Å². The highest BCUT2D eigenvalue weighted by atomic mass is 127. The van der Waals surface area contributed by atoms with E-state index in [0.717, 1.165) is 24.9 Å². The third kappa shape index (κ3) is 5.71. The number of rotatable bonds is 8. The van der Waals surface area contributed by atoms with E-state index in [0.29, 0.717) is 18.1 Å². The lowest BCUT2D eigenvalue weighted by Gasteiger charge is -2.27. The largest absolute Gasteiger partial charge is 0.384 e. The van der Waals surface area contributed by atoms with E-state index in [4.69, 9.17) is 11.6 Å². The second kappa shape index (κ2) is 8.97. The molecule has 2 rings (SSSR count). The number of aromatic nitrogens is 1. The Hall–Kier alpha value is -0.690. The van der Waals surface area contributed by atoms with Crippen LogP contribution >= 0.6 is 34.2 Å². The molecule has 1 aromatic carbocycles. The standard InChI is InChI=1S/C18H22ClIN2O/c1-2-18(23,15-7-10-17(19)22-12-15)13-21-11-3-4-14-5-8-16(20)9-6-14/h5-10,12,21,23H,2-4,11,13H2,1H3/t18-/m0/s1. The van der Waals surface area contributed by atoms with E-state index in [1.165, 1.54) is 9.13 Å². The first-order chi connectivity index (χ1) is 11.0. The SMILES string of the molecule is CC[C@](O)(CNCCCc1ccc(I)cc1)c1ccc(Cl)nc1. The number of pyridine rings is 1. The van der Waals surface area contributed by atoms with Crippen molar-refractivity contribution in [1.82, 2.24) is 10.3 Å². The Labute approximate surface area is 156 Å². The first-order valence-corrected chi connectivity index (χ1v) is 9.29. The van der Waals surface area contributed by atoms with Crippen LogP contribution in [0.3, 0.4) is 0 Å². The Bertz CT molecular complexity index is 603. The molecule has 124 valence electrons. The van der Waals surface area contributed by atoms with Crippen molar-refractivity contribution in [3.63, 3.8) is 0 Å². The fourth-order valence-corrected chi connectivity index (χ4v) is 2.92. The lowest BCUT2D eigenvalue weighted by atomic mass is 9.92. The molecule has 2 N–H and O–H groups in total. The summed E-state index contributed by atoms with van der Waals surface area (Å²) in [6, 6.07) is 12.2. The van der Waals surface area contributed by atoms with Gasteiger partial charge in [0.15, 0.2) is 0 Å². The maximum absolute atomic E-state index is 10.8. The monoisotopic (exact) mass is 444 g/mol. The molecule has 0 saturated heterocycles. The molecule has 0 amide bonds. The van der Waals surface area contributed by atoms with Crippen LogP contribution in [-0.2, 0) is 12.0 Å². The summed E-state index contributed by atoms with van der Waals surface area (Å²) < 4.78 is 1.26. The van der Waals surface area contributed by atoms with Crippen LogP contribution in [0.15, 0.2) is 42.6 Å². The highest BCUT2D eigenvalue weighted by molar-refractivity contribution is 14.1. The van der Waals surface area contributed by atoms with Gasteiger partial charge in [0.25, 0.3) is 0 Å². The van der Waals surface area contributed by atoms with Crippen molar-refractivity contribution in [3.05, 3.63) is 62.4 Å². The molecule has 0 aliphatic carbocycles. The quantitative estimate of drug-likeness (QED) is 0.365. The van der Waals surface area contributed by atoms with Crippen LogP contribution in [0.4, 0.5) is 0 Å². The molecule has 0 spiro atoms. The van der Waals surface area contributed by atoms with Gasteiger partial charge in [0.05, 0.1) is 0 Å². The predicted octanol–water partition coefficient (Wildman–Crippen LogP) is 4.16. The van der Waals surface area contributed by atoms with E-state index >= 15 is 0 Å². The van der Waals surface area contributed by atoms with Gasteiger partial charge in [-0.15, -0.1) is 0 Å². The van der Waals surface area contributed by atoms with Crippen LogP contribution in [0, 0.1) is 3.57 Å². The minimum atomic E-state index is -0.902. The summed E-state index contributed by atoms with van der Waals surface area (Å²) in [5, 5.41) is 14.6. The summed E-state index contributed by atoms with van der Waals surface area (Å²) in [7, 11) is 0. The first kappa shape index (κ1) is 18.6.